The summed E-state index contributed by atoms with van der Waals surface area (Å²) in [4.78, 5) is 31.4. The molecule has 0 atom stereocenters. The number of ketones is 1. The number of rotatable bonds is 7. The Morgan fingerprint density at radius 3 is 2.67 bits per heavy atom. The highest BCUT2D eigenvalue weighted by Crippen LogP contribution is 2.25. The van der Waals surface area contributed by atoms with Crippen LogP contribution in [0.3, 0.4) is 0 Å². The predicted octanol–water partition coefficient (Wildman–Crippen LogP) is 5.26. The highest BCUT2D eigenvalue weighted by atomic mass is 32.2. The molecule has 1 aromatic carbocycles. The van der Waals surface area contributed by atoms with Crippen molar-refractivity contribution in [3.8, 4) is 5.69 Å². The van der Waals surface area contributed by atoms with Crippen molar-refractivity contribution in [1.82, 2.24) is 9.55 Å². The summed E-state index contributed by atoms with van der Waals surface area (Å²) in [5.74, 6) is 0.903. The fraction of sp³-hybridized carbons (Fsp3) is 0.150. The molecule has 0 spiro atoms. The monoisotopic (exact) mass is 412 g/mol. The molecule has 0 amide bonds. The molecular weight excluding hydrogens is 396 g/mol. The summed E-state index contributed by atoms with van der Waals surface area (Å²) in [7, 11) is 0. The first-order chi connectivity index (χ1) is 13.2. The Morgan fingerprint density at radius 2 is 1.89 bits per heavy atom. The number of thiophene rings is 2. The second-order valence-corrected chi connectivity index (χ2v) is 8.77. The summed E-state index contributed by atoms with van der Waals surface area (Å²) in [6.07, 6.45) is 1.25. The van der Waals surface area contributed by atoms with Gasteiger partial charge in [0.15, 0.2) is 10.9 Å². The number of carbonyl (C=O) groups is 1. The van der Waals surface area contributed by atoms with Gasteiger partial charge < -0.3 is 0 Å². The lowest BCUT2D eigenvalue weighted by Crippen LogP contribution is -2.21. The molecule has 0 saturated heterocycles. The van der Waals surface area contributed by atoms with Gasteiger partial charge in [-0.1, -0.05) is 36.0 Å². The van der Waals surface area contributed by atoms with Crippen molar-refractivity contribution in [3.63, 3.8) is 0 Å². The van der Waals surface area contributed by atoms with Gasteiger partial charge in [0.25, 0.3) is 5.56 Å². The quantitative estimate of drug-likeness (QED) is 0.180. The van der Waals surface area contributed by atoms with Crippen LogP contribution in [0, 0.1) is 0 Å². The number of Topliss-reactive ketones (excluding diaryl/α,β-unsaturated/α-hetero) is 1. The second-order valence-electron chi connectivity index (χ2n) is 5.86. The number of thioether (sulfide) groups is 1. The van der Waals surface area contributed by atoms with E-state index >= 15 is 0 Å². The van der Waals surface area contributed by atoms with Crippen LogP contribution in [0.25, 0.3) is 15.9 Å². The minimum Gasteiger partial charge on any atom is -0.293 e. The van der Waals surface area contributed by atoms with Crippen molar-refractivity contribution in [2.24, 2.45) is 0 Å². The maximum atomic E-state index is 13.0. The topological polar surface area (TPSA) is 52.0 Å². The SMILES string of the molecule is O=C(CCCSc1nc2sccc2c(=O)n1-c1ccccc1)c1cccs1. The fourth-order valence-corrected chi connectivity index (χ4v) is 5.20. The number of benzene rings is 1. The molecule has 3 aromatic heterocycles. The molecule has 4 rings (SSSR count). The predicted molar refractivity (Wildman–Crippen MR) is 114 cm³/mol. The van der Waals surface area contributed by atoms with Crippen molar-refractivity contribution in [2.45, 2.75) is 18.0 Å². The van der Waals surface area contributed by atoms with Crippen LogP contribution in [-0.4, -0.2) is 21.1 Å². The Balaban J connectivity index is 1.55. The van der Waals surface area contributed by atoms with Gasteiger partial charge in [0.1, 0.15) is 4.83 Å². The minimum absolute atomic E-state index is 0.0513. The van der Waals surface area contributed by atoms with Gasteiger partial charge in [0.2, 0.25) is 0 Å². The third kappa shape index (κ3) is 3.90. The number of fused-ring (bicyclic) bond motifs is 1. The Kier molecular flexibility index (Phi) is 5.52. The van der Waals surface area contributed by atoms with Crippen molar-refractivity contribution >= 4 is 50.4 Å². The van der Waals surface area contributed by atoms with E-state index in [2.05, 4.69) is 0 Å². The van der Waals surface area contributed by atoms with E-state index in [4.69, 9.17) is 4.98 Å². The van der Waals surface area contributed by atoms with Gasteiger partial charge in [-0.3, -0.25) is 14.2 Å². The Bertz CT molecular complexity index is 1120. The van der Waals surface area contributed by atoms with Crippen LogP contribution >= 0.6 is 34.4 Å². The van der Waals surface area contributed by atoms with E-state index in [9.17, 15) is 9.59 Å². The average molecular weight is 413 g/mol. The smallest absolute Gasteiger partial charge is 0.267 e. The van der Waals surface area contributed by atoms with Crippen LogP contribution in [0.2, 0.25) is 0 Å². The molecule has 3 heterocycles. The zero-order valence-electron chi connectivity index (χ0n) is 14.3. The molecule has 4 aromatic rings. The lowest BCUT2D eigenvalue weighted by molar-refractivity contribution is 0.0986. The fourth-order valence-electron chi connectivity index (χ4n) is 2.75. The third-order valence-electron chi connectivity index (χ3n) is 4.06. The molecule has 0 aliphatic heterocycles. The summed E-state index contributed by atoms with van der Waals surface area (Å²) in [5.41, 5.74) is 0.755. The van der Waals surface area contributed by atoms with Crippen molar-refractivity contribution in [2.75, 3.05) is 5.75 Å². The number of aromatic nitrogens is 2. The largest absolute Gasteiger partial charge is 0.293 e. The van der Waals surface area contributed by atoms with Crippen molar-refractivity contribution in [1.29, 1.82) is 0 Å². The molecule has 0 aliphatic rings. The number of para-hydroxylation sites is 1. The number of carbonyl (C=O) groups excluding carboxylic acids is 1. The molecule has 0 saturated carbocycles. The Labute approximate surface area is 168 Å². The number of nitrogens with zero attached hydrogens (tertiary/aromatic N) is 2. The van der Waals surface area contributed by atoms with E-state index in [0.717, 1.165) is 27.6 Å². The highest BCUT2D eigenvalue weighted by Gasteiger charge is 2.14. The zero-order valence-corrected chi connectivity index (χ0v) is 16.8. The van der Waals surface area contributed by atoms with E-state index in [-0.39, 0.29) is 11.3 Å². The molecule has 136 valence electrons. The van der Waals surface area contributed by atoms with Crippen LogP contribution < -0.4 is 5.56 Å². The molecule has 0 fully saturated rings. The van der Waals surface area contributed by atoms with Gasteiger partial charge in [-0.2, -0.15) is 0 Å². The molecule has 4 nitrogen and oxygen atoms in total. The maximum absolute atomic E-state index is 13.0. The van der Waals surface area contributed by atoms with Gasteiger partial charge >= 0.3 is 0 Å². The molecule has 0 radical (unpaired) electrons. The van der Waals surface area contributed by atoms with Gasteiger partial charge in [0.05, 0.1) is 16.0 Å². The van der Waals surface area contributed by atoms with Crippen LogP contribution in [0.1, 0.15) is 22.5 Å². The summed E-state index contributed by atoms with van der Waals surface area (Å²) >= 11 is 4.47. The molecular formula is C20H16N2O2S3. The standard InChI is InChI=1S/C20H16N2O2S3/c23-16(17-9-5-11-25-17)8-4-12-27-20-21-18-15(10-13-26-18)19(24)22(20)14-6-2-1-3-7-14/h1-3,5-7,9-11,13H,4,8,12H2. The number of hydrogen-bond acceptors (Lipinski definition) is 6. The molecule has 0 aliphatic carbocycles. The first-order valence-electron chi connectivity index (χ1n) is 8.49. The maximum Gasteiger partial charge on any atom is 0.267 e. The summed E-state index contributed by atoms with van der Waals surface area (Å²) < 4.78 is 1.67. The van der Waals surface area contributed by atoms with Crippen LogP contribution in [0.15, 0.2) is 69.2 Å². The third-order valence-corrected chi connectivity index (χ3v) is 6.80. The van der Waals surface area contributed by atoms with E-state index in [1.54, 1.807) is 4.57 Å². The minimum atomic E-state index is -0.0513. The molecule has 0 unspecified atom stereocenters. The Morgan fingerprint density at radius 1 is 1.04 bits per heavy atom. The first kappa shape index (κ1) is 18.2. The van der Waals surface area contributed by atoms with Gasteiger partial charge in [-0.15, -0.1) is 22.7 Å². The second kappa shape index (κ2) is 8.21. The van der Waals surface area contributed by atoms with Crippen LogP contribution in [0.4, 0.5) is 0 Å². The number of hydrogen-bond donors (Lipinski definition) is 0. The van der Waals surface area contributed by atoms with Crippen LogP contribution in [-0.2, 0) is 0 Å². The summed E-state index contributed by atoms with van der Waals surface area (Å²) in [5, 5.41) is 5.12. The van der Waals surface area contributed by atoms with E-state index in [1.165, 1.54) is 34.4 Å². The van der Waals surface area contributed by atoms with Gasteiger partial charge in [-0.05, 0) is 41.4 Å². The van der Waals surface area contributed by atoms with E-state index < -0.39 is 0 Å². The normalized spacial score (nSPS) is 11.1. The molecule has 0 bridgehead atoms. The summed E-state index contributed by atoms with van der Waals surface area (Å²) in [6.45, 7) is 0. The molecule has 7 heteroatoms. The van der Waals surface area contributed by atoms with Gasteiger partial charge in [-0.25, -0.2) is 4.98 Å². The van der Waals surface area contributed by atoms with E-state index in [1.807, 2.05) is 59.3 Å². The first-order valence-corrected chi connectivity index (χ1v) is 11.2. The van der Waals surface area contributed by atoms with Crippen LogP contribution in [0.5, 0.6) is 0 Å². The van der Waals surface area contributed by atoms with Crippen molar-refractivity contribution < 1.29 is 4.79 Å². The van der Waals surface area contributed by atoms with Crippen molar-refractivity contribution in [3.05, 3.63) is 74.5 Å². The van der Waals surface area contributed by atoms with E-state index in [0.29, 0.717) is 17.0 Å². The lowest BCUT2D eigenvalue weighted by atomic mass is 10.2. The highest BCUT2D eigenvalue weighted by molar-refractivity contribution is 7.99. The summed E-state index contributed by atoms with van der Waals surface area (Å²) in [6, 6.07) is 15.1. The Hall–Kier alpha value is -2.22. The average Bonchev–Trinajstić information content (AvgIpc) is 3.38. The molecule has 27 heavy (non-hydrogen) atoms. The zero-order chi connectivity index (χ0) is 18.6. The molecule has 0 N–H and O–H groups in total. The van der Waals surface area contributed by atoms with Gasteiger partial charge in [0, 0.05) is 12.2 Å². The lowest BCUT2D eigenvalue weighted by Gasteiger charge is -2.11.